The Labute approximate surface area is 168 Å². The Hall–Kier alpha value is -2.34. The molecule has 0 radical (unpaired) electrons. The zero-order valence-electron chi connectivity index (χ0n) is 17.7. The van der Waals surface area contributed by atoms with E-state index in [9.17, 15) is 13.2 Å². The maximum atomic E-state index is 13.0. The monoisotopic (exact) mass is 402 g/mol. The number of rotatable bonds is 6. The lowest BCUT2D eigenvalue weighted by Gasteiger charge is -2.29. The van der Waals surface area contributed by atoms with Crippen molar-refractivity contribution < 1.29 is 13.2 Å². The smallest absolute Gasteiger partial charge is 0.248 e. The second-order valence-corrected chi connectivity index (χ2v) is 9.55. The number of nitrogens with zero attached hydrogens (tertiary/aromatic N) is 1. The number of anilines is 2. The molecule has 1 N–H and O–H groups in total. The lowest BCUT2D eigenvalue weighted by Crippen LogP contribution is -2.45. The number of nitrogens with one attached hydrogen (secondary N) is 1. The summed E-state index contributed by atoms with van der Waals surface area (Å²) >= 11 is 0. The average molecular weight is 403 g/mol. The zero-order valence-corrected chi connectivity index (χ0v) is 18.5. The molecule has 6 heteroatoms. The molecule has 152 valence electrons. The van der Waals surface area contributed by atoms with Crippen LogP contribution in [0.4, 0.5) is 11.4 Å². The second-order valence-electron chi connectivity index (χ2n) is 7.69. The van der Waals surface area contributed by atoms with Crippen LogP contribution in [0.5, 0.6) is 0 Å². The van der Waals surface area contributed by atoms with E-state index in [-0.39, 0.29) is 11.8 Å². The van der Waals surface area contributed by atoms with Gasteiger partial charge in [-0.15, -0.1) is 0 Å². The van der Waals surface area contributed by atoms with Crippen LogP contribution in [0.15, 0.2) is 36.4 Å². The van der Waals surface area contributed by atoms with E-state index in [1.807, 2.05) is 45.0 Å². The van der Waals surface area contributed by atoms with E-state index >= 15 is 0 Å². The number of aryl methyl sites for hydroxylation is 3. The van der Waals surface area contributed by atoms with Crippen molar-refractivity contribution in [2.24, 2.45) is 0 Å². The molecule has 0 aliphatic rings. The Morgan fingerprint density at radius 1 is 0.964 bits per heavy atom. The van der Waals surface area contributed by atoms with Gasteiger partial charge in [0.1, 0.15) is 6.04 Å². The van der Waals surface area contributed by atoms with Gasteiger partial charge in [0.05, 0.1) is 11.9 Å². The minimum Gasteiger partial charge on any atom is -0.324 e. The van der Waals surface area contributed by atoms with Gasteiger partial charge in [-0.25, -0.2) is 8.42 Å². The number of hydrogen-bond donors (Lipinski definition) is 1. The quantitative estimate of drug-likeness (QED) is 0.772. The summed E-state index contributed by atoms with van der Waals surface area (Å²) in [5, 5.41) is 2.96. The van der Waals surface area contributed by atoms with Gasteiger partial charge in [0.2, 0.25) is 15.9 Å². The van der Waals surface area contributed by atoms with Gasteiger partial charge in [-0.3, -0.25) is 9.10 Å². The summed E-state index contributed by atoms with van der Waals surface area (Å²) in [6.45, 7) is 11.6. The number of hydrogen-bond acceptors (Lipinski definition) is 3. The fraction of sp³-hybridized carbons (Fsp3) is 0.409. The lowest BCUT2D eigenvalue weighted by atomic mass is 9.98. The maximum absolute atomic E-state index is 13.0. The van der Waals surface area contributed by atoms with Crippen LogP contribution in [0.25, 0.3) is 0 Å². The molecular formula is C22H30N2O3S. The molecule has 2 aromatic carbocycles. The van der Waals surface area contributed by atoms with Crippen LogP contribution in [-0.2, 0) is 14.8 Å². The molecule has 28 heavy (non-hydrogen) atoms. The van der Waals surface area contributed by atoms with Crippen molar-refractivity contribution in [1.82, 2.24) is 0 Å². The van der Waals surface area contributed by atoms with E-state index in [1.54, 1.807) is 19.1 Å². The first-order valence-electron chi connectivity index (χ1n) is 9.40. The number of amides is 1. The molecule has 0 saturated heterocycles. The third kappa shape index (κ3) is 4.73. The van der Waals surface area contributed by atoms with Crippen molar-refractivity contribution in [2.75, 3.05) is 15.9 Å². The highest BCUT2D eigenvalue weighted by Gasteiger charge is 2.30. The summed E-state index contributed by atoms with van der Waals surface area (Å²) in [6.07, 6.45) is 1.12. The lowest BCUT2D eigenvalue weighted by molar-refractivity contribution is -0.116. The first kappa shape index (κ1) is 22.0. The fourth-order valence-electron chi connectivity index (χ4n) is 3.24. The van der Waals surface area contributed by atoms with Gasteiger partial charge in [-0.2, -0.15) is 0 Å². The molecule has 0 aliphatic carbocycles. The average Bonchev–Trinajstić information content (AvgIpc) is 2.58. The van der Waals surface area contributed by atoms with Crippen LogP contribution in [0.2, 0.25) is 0 Å². The van der Waals surface area contributed by atoms with E-state index in [0.29, 0.717) is 5.69 Å². The first-order chi connectivity index (χ1) is 12.9. The molecule has 0 fully saturated rings. The maximum Gasteiger partial charge on any atom is 0.248 e. The molecular weight excluding hydrogens is 372 g/mol. The van der Waals surface area contributed by atoms with Crippen molar-refractivity contribution >= 4 is 27.3 Å². The van der Waals surface area contributed by atoms with Crippen molar-refractivity contribution in [3.63, 3.8) is 0 Å². The third-order valence-corrected chi connectivity index (χ3v) is 6.25. The van der Waals surface area contributed by atoms with Gasteiger partial charge in [-0.05, 0) is 68.0 Å². The molecule has 5 nitrogen and oxygen atoms in total. The number of sulfonamides is 1. The Kier molecular flexibility index (Phi) is 6.55. The van der Waals surface area contributed by atoms with Crippen LogP contribution in [0.1, 0.15) is 48.9 Å². The van der Waals surface area contributed by atoms with Gasteiger partial charge in [0.25, 0.3) is 0 Å². The highest BCUT2D eigenvalue weighted by molar-refractivity contribution is 7.92. The molecule has 0 saturated carbocycles. The minimum absolute atomic E-state index is 0.233. The molecule has 0 unspecified atom stereocenters. The molecule has 0 heterocycles. The van der Waals surface area contributed by atoms with Crippen LogP contribution in [0.3, 0.4) is 0 Å². The number of carbonyl (C=O) groups is 1. The van der Waals surface area contributed by atoms with Crippen LogP contribution in [0, 0.1) is 20.8 Å². The molecule has 1 atom stereocenters. The van der Waals surface area contributed by atoms with Gasteiger partial charge in [0, 0.05) is 5.69 Å². The van der Waals surface area contributed by atoms with Gasteiger partial charge < -0.3 is 5.32 Å². The number of benzene rings is 2. The Balaban J connectivity index is 2.42. The van der Waals surface area contributed by atoms with Crippen molar-refractivity contribution in [3.8, 4) is 0 Å². The van der Waals surface area contributed by atoms with Crippen molar-refractivity contribution in [2.45, 2.75) is 53.5 Å². The fourth-order valence-corrected chi connectivity index (χ4v) is 4.41. The zero-order chi connectivity index (χ0) is 21.2. The number of para-hydroxylation sites is 1. The SMILES string of the molecule is Cc1ccc(N([C@@H](C)C(=O)Nc2c(C)cccc2C(C)C)S(C)(=O)=O)cc1C. The van der Waals surface area contributed by atoms with E-state index < -0.39 is 16.1 Å². The molecule has 0 bridgehead atoms. The standard InChI is InChI=1S/C22H30N2O3S/c1-14(2)20-10-8-9-16(4)21(20)23-22(25)18(6)24(28(7,26)27)19-12-11-15(3)17(5)13-19/h8-14,18H,1-7H3,(H,23,25)/t18-/m0/s1. The van der Waals surface area contributed by atoms with E-state index in [2.05, 4.69) is 19.2 Å². The summed E-state index contributed by atoms with van der Waals surface area (Å²) in [6, 6.07) is 10.4. The van der Waals surface area contributed by atoms with Crippen LogP contribution >= 0.6 is 0 Å². The molecule has 2 rings (SSSR count). The van der Waals surface area contributed by atoms with Crippen LogP contribution in [-0.4, -0.2) is 26.6 Å². The predicted octanol–water partition coefficient (Wildman–Crippen LogP) is 4.53. The third-order valence-electron chi connectivity index (χ3n) is 5.01. The Morgan fingerprint density at radius 3 is 2.14 bits per heavy atom. The van der Waals surface area contributed by atoms with E-state index in [4.69, 9.17) is 0 Å². The molecule has 0 aromatic heterocycles. The van der Waals surface area contributed by atoms with E-state index in [1.165, 1.54) is 4.31 Å². The molecule has 2 aromatic rings. The topological polar surface area (TPSA) is 66.5 Å². The minimum atomic E-state index is -3.65. The Morgan fingerprint density at radius 2 is 1.61 bits per heavy atom. The summed E-state index contributed by atoms with van der Waals surface area (Å²) in [5.41, 5.74) is 5.25. The number of carbonyl (C=O) groups excluding carboxylic acids is 1. The van der Waals surface area contributed by atoms with Crippen molar-refractivity contribution in [1.29, 1.82) is 0 Å². The molecule has 0 spiro atoms. The summed E-state index contributed by atoms with van der Waals surface area (Å²) in [5.74, 6) is -0.129. The molecule has 0 aliphatic heterocycles. The second kappa shape index (κ2) is 8.35. The van der Waals surface area contributed by atoms with Crippen molar-refractivity contribution in [3.05, 3.63) is 58.7 Å². The van der Waals surface area contributed by atoms with Gasteiger partial charge >= 0.3 is 0 Å². The van der Waals surface area contributed by atoms with Gasteiger partial charge in [-0.1, -0.05) is 38.1 Å². The normalized spacial score (nSPS) is 12.7. The highest BCUT2D eigenvalue weighted by Crippen LogP contribution is 2.29. The largest absolute Gasteiger partial charge is 0.324 e. The van der Waals surface area contributed by atoms with E-state index in [0.717, 1.165) is 34.2 Å². The Bertz CT molecular complexity index is 981. The van der Waals surface area contributed by atoms with Crippen LogP contribution < -0.4 is 9.62 Å². The molecule has 1 amide bonds. The predicted molar refractivity (Wildman–Crippen MR) is 117 cm³/mol. The summed E-state index contributed by atoms with van der Waals surface area (Å²) in [7, 11) is -3.65. The summed E-state index contributed by atoms with van der Waals surface area (Å²) < 4.78 is 26.2. The summed E-state index contributed by atoms with van der Waals surface area (Å²) in [4.78, 5) is 13.0. The van der Waals surface area contributed by atoms with Gasteiger partial charge in [0.15, 0.2) is 0 Å². The highest BCUT2D eigenvalue weighted by atomic mass is 32.2. The first-order valence-corrected chi connectivity index (χ1v) is 11.2.